The second-order valence-corrected chi connectivity index (χ2v) is 25.3. The van der Waals surface area contributed by atoms with Gasteiger partial charge in [-0.3, -0.25) is 0 Å². The summed E-state index contributed by atoms with van der Waals surface area (Å²) in [7, 11) is 0. The molecule has 3 aliphatic carbocycles. The number of allylic oxidation sites excluding steroid dienone is 11. The number of hydrogen-bond donors (Lipinski definition) is 0. The van der Waals surface area contributed by atoms with E-state index in [1.54, 1.807) is 0 Å². The highest BCUT2D eigenvalue weighted by Crippen LogP contribution is 2.62. The predicted octanol–water partition coefficient (Wildman–Crippen LogP) is 18.6. The van der Waals surface area contributed by atoms with Gasteiger partial charge in [0.25, 0.3) is 0 Å². The smallest absolute Gasteiger partial charge is 0.0473 e. The molecule has 336 valence electrons. The van der Waals surface area contributed by atoms with Gasteiger partial charge >= 0.3 is 0 Å². The van der Waals surface area contributed by atoms with E-state index in [1.165, 1.54) is 98.3 Å². The average molecular weight is 903 g/mol. The van der Waals surface area contributed by atoms with E-state index in [1.807, 2.05) is 23.5 Å². The minimum atomic E-state index is 0.0889. The summed E-state index contributed by atoms with van der Waals surface area (Å²) < 4.78 is 0. The Balaban J connectivity index is 0.998. The van der Waals surface area contributed by atoms with Gasteiger partial charge in [-0.1, -0.05) is 185 Å². The molecule has 5 aromatic rings. The molecule has 0 fully saturated rings. The molecule has 10 rings (SSSR count). The maximum absolute atomic E-state index is 2.51. The molecule has 0 amide bonds. The van der Waals surface area contributed by atoms with Crippen molar-refractivity contribution in [1.29, 1.82) is 0 Å². The normalized spacial score (nSPS) is 18.9. The molecule has 2 heterocycles. The van der Waals surface area contributed by atoms with Gasteiger partial charge in [0.05, 0.1) is 0 Å². The second kappa shape index (κ2) is 16.3. The van der Waals surface area contributed by atoms with Crippen LogP contribution in [0.15, 0.2) is 182 Å². The van der Waals surface area contributed by atoms with Crippen LogP contribution in [0.2, 0.25) is 0 Å². The van der Waals surface area contributed by atoms with Crippen molar-refractivity contribution in [3.63, 3.8) is 0 Å². The predicted molar refractivity (Wildman–Crippen MR) is 287 cm³/mol. The molecule has 2 aliphatic heterocycles. The van der Waals surface area contributed by atoms with E-state index >= 15 is 0 Å². The molecule has 2 unspecified atom stereocenters. The number of benzene rings is 5. The van der Waals surface area contributed by atoms with Crippen molar-refractivity contribution < 1.29 is 0 Å². The van der Waals surface area contributed by atoms with Gasteiger partial charge in [0.15, 0.2) is 0 Å². The zero-order valence-electron chi connectivity index (χ0n) is 41.1. The van der Waals surface area contributed by atoms with E-state index in [9.17, 15) is 0 Å². The molecule has 0 aromatic heterocycles. The maximum atomic E-state index is 2.51. The summed E-state index contributed by atoms with van der Waals surface area (Å²) >= 11 is 3.93. The number of fused-ring (bicyclic) bond motifs is 4. The molecule has 5 aliphatic rings. The third-order valence-electron chi connectivity index (χ3n) is 14.3. The molecule has 0 radical (unpaired) electrons. The summed E-state index contributed by atoms with van der Waals surface area (Å²) in [5, 5.41) is 0. The summed E-state index contributed by atoms with van der Waals surface area (Å²) in [4.78, 5) is 10.5. The van der Waals surface area contributed by atoms with Crippen LogP contribution in [0.5, 0.6) is 0 Å². The molecule has 0 saturated heterocycles. The summed E-state index contributed by atoms with van der Waals surface area (Å²) in [6.07, 6.45) is 16.6. The lowest BCUT2D eigenvalue weighted by molar-refractivity contribution is 0.479. The van der Waals surface area contributed by atoms with Gasteiger partial charge in [0.1, 0.15) is 0 Å². The van der Waals surface area contributed by atoms with E-state index in [4.69, 9.17) is 0 Å². The molecule has 0 spiro atoms. The third kappa shape index (κ3) is 8.21. The van der Waals surface area contributed by atoms with Crippen LogP contribution in [-0.2, 0) is 16.2 Å². The topological polar surface area (TPSA) is 6.48 Å². The van der Waals surface area contributed by atoms with Crippen LogP contribution in [0.25, 0.3) is 5.57 Å². The van der Waals surface area contributed by atoms with Crippen molar-refractivity contribution >= 4 is 57.5 Å². The molecular weight excluding hydrogens is 837 g/mol. The fourth-order valence-electron chi connectivity index (χ4n) is 10.3. The minimum Gasteiger partial charge on any atom is -0.314 e. The minimum absolute atomic E-state index is 0.0889. The van der Waals surface area contributed by atoms with E-state index in [0.29, 0.717) is 5.92 Å². The van der Waals surface area contributed by atoms with Gasteiger partial charge in [0.2, 0.25) is 0 Å². The van der Waals surface area contributed by atoms with Crippen LogP contribution in [0, 0.1) is 11.3 Å². The van der Waals surface area contributed by atoms with Crippen LogP contribution < -0.4 is 9.80 Å². The lowest BCUT2D eigenvalue weighted by atomic mass is 9.72. The molecule has 0 bridgehead atoms. The number of thioether (sulfide) groups is 2. The lowest BCUT2D eigenvalue weighted by Crippen LogP contribution is -2.26. The number of rotatable bonds is 6. The van der Waals surface area contributed by atoms with E-state index in [-0.39, 0.29) is 27.6 Å². The molecule has 66 heavy (non-hydrogen) atoms. The highest BCUT2D eigenvalue weighted by molar-refractivity contribution is 8.04. The first kappa shape index (κ1) is 44.7. The summed E-state index contributed by atoms with van der Waals surface area (Å²) in [6, 6.07) is 42.1. The van der Waals surface area contributed by atoms with Crippen LogP contribution in [0.1, 0.15) is 130 Å². The first-order valence-corrected chi connectivity index (χ1v) is 25.7. The summed E-state index contributed by atoms with van der Waals surface area (Å²) in [5.41, 5.74) is 19.0. The van der Waals surface area contributed by atoms with Crippen molar-refractivity contribution in [3.8, 4) is 0 Å². The highest BCUT2D eigenvalue weighted by atomic mass is 32.2. The molecule has 2 atom stereocenters. The summed E-state index contributed by atoms with van der Waals surface area (Å²) in [6.45, 7) is 27.6. The van der Waals surface area contributed by atoms with Gasteiger partial charge in [-0.25, -0.2) is 0 Å². The van der Waals surface area contributed by atoms with Crippen molar-refractivity contribution in [2.24, 2.45) is 11.3 Å². The fraction of sp³-hybridized carbons (Fsp3) is 0.323. The molecule has 2 nitrogen and oxygen atoms in total. The highest BCUT2D eigenvalue weighted by Gasteiger charge is 2.43. The monoisotopic (exact) mass is 902 g/mol. The Hall–Kier alpha value is -5.16. The number of hydrogen-bond acceptors (Lipinski definition) is 4. The second-order valence-electron chi connectivity index (χ2n) is 23.1. The van der Waals surface area contributed by atoms with Crippen LogP contribution >= 0.6 is 23.5 Å². The zero-order chi connectivity index (χ0) is 46.5. The lowest BCUT2D eigenvalue weighted by Gasteiger charge is -2.43. The van der Waals surface area contributed by atoms with Crippen molar-refractivity contribution in [2.45, 2.75) is 128 Å². The Bertz CT molecular complexity index is 2870. The largest absolute Gasteiger partial charge is 0.314 e. The van der Waals surface area contributed by atoms with Crippen LogP contribution in [-0.4, -0.2) is 0 Å². The Morgan fingerprint density at radius 1 is 0.470 bits per heavy atom. The Labute approximate surface area is 404 Å². The fourth-order valence-corrected chi connectivity index (χ4v) is 12.8. The van der Waals surface area contributed by atoms with Crippen LogP contribution in [0.3, 0.4) is 0 Å². The number of nitrogens with zero attached hydrogens (tertiary/aromatic N) is 2. The van der Waals surface area contributed by atoms with Gasteiger partial charge in [0, 0.05) is 60.7 Å². The molecule has 4 heteroatoms. The average Bonchev–Trinajstić information content (AvgIpc) is 3.27. The first-order valence-electron chi connectivity index (χ1n) is 24.0. The Kier molecular flexibility index (Phi) is 11.0. The van der Waals surface area contributed by atoms with Gasteiger partial charge in [-0.2, -0.15) is 0 Å². The number of anilines is 5. The van der Waals surface area contributed by atoms with Crippen molar-refractivity contribution in [2.75, 3.05) is 9.80 Å². The van der Waals surface area contributed by atoms with E-state index in [0.717, 1.165) is 12.8 Å². The van der Waals surface area contributed by atoms with Gasteiger partial charge in [-0.15, -0.1) is 0 Å². The Morgan fingerprint density at radius 2 is 0.985 bits per heavy atom. The first-order chi connectivity index (χ1) is 31.2. The SMILES string of the molecule is CC(C)(C)C1=CC=C(N(c2ccc(C(C)(C)C)cc2)c2ccc3c(c2)SC2=CC=C4Sc5cc(N(c6ccc(C(C)(C)C)cc6)c6ccc(C(C)(C)C)cc6)ccc5C5C=CC3=C2C45)CC1. The van der Waals surface area contributed by atoms with Gasteiger partial charge in [-0.05, 0) is 151 Å². The zero-order valence-corrected chi connectivity index (χ0v) is 42.8. The molecular formula is C62H66N2S2. The van der Waals surface area contributed by atoms with E-state index in [2.05, 4.69) is 239 Å². The standard InChI is InChI=1S/C62H66N2S2/c1-59(2,3)39-13-21-43(22-14-39)63(44-23-15-40(16-24-44)60(4,5)6)47-29-31-49-51-33-34-52-50-32-30-48(38-56(50)66-54-36-35-53(57(51)58(52)54)65-55(49)37-47)64(45-25-17-41(18-26-45)61(7,8)9)46-27-19-42(20-28-46)62(10,11)12/h13-19,21-27,29-38,51,57H,20,28H2,1-12H3. The summed E-state index contributed by atoms with van der Waals surface area (Å²) in [5.74, 6) is 0.598. The Morgan fingerprint density at radius 3 is 1.52 bits per heavy atom. The maximum Gasteiger partial charge on any atom is 0.0473 e. The van der Waals surface area contributed by atoms with Gasteiger partial charge < -0.3 is 9.80 Å². The third-order valence-corrected chi connectivity index (χ3v) is 16.7. The van der Waals surface area contributed by atoms with Crippen molar-refractivity contribution in [3.05, 3.63) is 200 Å². The molecule has 0 N–H and O–H groups in total. The molecule has 0 saturated carbocycles. The molecule has 5 aromatic carbocycles. The van der Waals surface area contributed by atoms with E-state index < -0.39 is 0 Å². The van der Waals surface area contributed by atoms with Crippen molar-refractivity contribution in [1.82, 2.24) is 0 Å². The quantitative estimate of drug-likeness (QED) is 0.167. The van der Waals surface area contributed by atoms with Crippen LogP contribution in [0.4, 0.5) is 28.4 Å².